The molecule has 3 heteroatoms. The van der Waals surface area contributed by atoms with Gasteiger partial charge in [0.25, 0.3) is 0 Å². The van der Waals surface area contributed by atoms with Gasteiger partial charge in [0.2, 0.25) is 0 Å². The molecule has 0 fully saturated rings. The van der Waals surface area contributed by atoms with Crippen LogP contribution >= 0.6 is 0 Å². The fraction of sp³-hybridized carbons (Fsp3) is 0.556. The third-order valence-corrected chi connectivity index (χ3v) is 5.51. The zero-order valence-corrected chi connectivity index (χ0v) is 19.4. The summed E-state index contributed by atoms with van der Waals surface area (Å²) in [4.78, 5) is 2.28. The number of benzene rings is 2. The first-order valence-corrected chi connectivity index (χ1v) is 11.8. The molecule has 0 N–H and O–H groups in total. The van der Waals surface area contributed by atoms with Crippen molar-refractivity contribution in [1.82, 2.24) is 4.90 Å². The Morgan fingerprint density at radius 3 is 1.50 bits per heavy atom. The normalized spacial score (nSPS) is 11.1. The first-order chi connectivity index (χ1) is 14.7. The van der Waals surface area contributed by atoms with Gasteiger partial charge in [-0.25, -0.2) is 0 Å². The van der Waals surface area contributed by atoms with E-state index < -0.39 is 0 Å². The summed E-state index contributed by atoms with van der Waals surface area (Å²) >= 11 is 0. The third-order valence-electron chi connectivity index (χ3n) is 5.51. The highest BCUT2D eigenvalue weighted by atomic mass is 16.5. The first-order valence-electron chi connectivity index (χ1n) is 11.8. The van der Waals surface area contributed by atoms with Crippen LogP contribution in [0, 0.1) is 0 Å². The van der Waals surface area contributed by atoms with Crippen molar-refractivity contribution in [2.45, 2.75) is 65.2 Å². The van der Waals surface area contributed by atoms with E-state index in [0.29, 0.717) is 13.2 Å². The molecule has 2 aromatic carbocycles. The van der Waals surface area contributed by atoms with Crippen LogP contribution in [0.1, 0.15) is 63.5 Å². The van der Waals surface area contributed by atoms with Crippen LogP contribution in [0.25, 0.3) is 0 Å². The van der Waals surface area contributed by atoms with E-state index in [1.807, 2.05) is 0 Å². The van der Waals surface area contributed by atoms with Gasteiger partial charge in [-0.15, -0.1) is 0 Å². The van der Waals surface area contributed by atoms with Gasteiger partial charge in [0, 0.05) is 13.1 Å². The lowest BCUT2D eigenvalue weighted by Crippen LogP contribution is -2.28. The highest BCUT2D eigenvalue weighted by molar-refractivity contribution is 5.34. The average molecular weight is 412 g/mol. The van der Waals surface area contributed by atoms with Crippen molar-refractivity contribution in [1.29, 1.82) is 0 Å². The summed E-state index contributed by atoms with van der Waals surface area (Å²) < 4.78 is 12.2. The molecule has 0 heterocycles. The molecule has 0 amide bonds. The minimum Gasteiger partial charge on any atom is -0.492 e. The van der Waals surface area contributed by atoms with Gasteiger partial charge >= 0.3 is 0 Å². The Bertz CT molecular complexity index is 641. The zero-order valence-electron chi connectivity index (χ0n) is 19.4. The van der Waals surface area contributed by atoms with Crippen LogP contribution in [-0.4, -0.2) is 38.3 Å². The Labute approximate surface area is 184 Å². The molecule has 0 saturated heterocycles. The number of unbranched alkanes of at least 4 members (excludes halogenated alkanes) is 4. The number of rotatable bonds is 16. The standard InChI is InChI=1S/C27H41NO2/c1-4-6-8-14-24-16-10-12-18-26(24)29-22-20-28(3)21-23-30-27-19-13-11-17-25(27)15-9-7-5-2/h10-13,16-19H,4-9,14-15,20-23H2,1-3H3. The van der Waals surface area contributed by atoms with Crippen LogP contribution in [0.5, 0.6) is 11.5 Å². The van der Waals surface area contributed by atoms with Crippen molar-refractivity contribution in [2.75, 3.05) is 33.4 Å². The molecule has 0 aliphatic carbocycles. The molecule has 0 unspecified atom stereocenters. The van der Waals surface area contributed by atoms with Crippen molar-refractivity contribution in [3.63, 3.8) is 0 Å². The molecule has 0 aliphatic heterocycles. The van der Waals surface area contributed by atoms with E-state index in [9.17, 15) is 0 Å². The molecule has 0 atom stereocenters. The molecule has 2 aromatic rings. The van der Waals surface area contributed by atoms with E-state index in [1.165, 1.54) is 49.7 Å². The van der Waals surface area contributed by atoms with Crippen LogP contribution in [0.3, 0.4) is 0 Å². The Kier molecular flexibility index (Phi) is 12.1. The van der Waals surface area contributed by atoms with Gasteiger partial charge in [0.15, 0.2) is 0 Å². The summed E-state index contributed by atoms with van der Waals surface area (Å²) in [5.41, 5.74) is 2.66. The lowest BCUT2D eigenvalue weighted by Gasteiger charge is -2.19. The number of hydrogen-bond donors (Lipinski definition) is 0. The largest absolute Gasteiger partial charge is 0.492 e. The number of likely N-dealkylation sites (N-methyl/N-ethyl adjacent to an activating group) is 1. The molecule has 166 valence electrons. The fourth-order valence-electron chi connectivity index (χ4n) is 3.57. The van der Waals surface area contributed by atoms with Crippen molar-refractivity contribution in [3.8, 4) is 11.5 Å². The highest BCUT2D eigenvalue weighted by Crippen LogP contribution is 2.21. The summed E-state index contributed by atoms with van der Waals surface area (Å²) in [6, 6.07) is 16.9. The molecule has 0 bridgehead atoms. The predicted molar refractivity (Wildman–Crippen MR) is 128 cm³/mol. The Hall–Kier alpha value is -2.00. The average Bonchev–Trinajstić information content (AvgIpc) is 2.76. The van der Waals surface area contributed by atoms with Crippen molar-refractivity contribution < 1.29 is 9.47 Å². The van der Waals surface area contributed by atoms with Gasteiger partial charge in [-0.3, -0.25) is 4.90 Å². The molecule has 0 radical (unpaired) electrons. The van der Waals surface area contributed by atoms with Gasteiger partial charge in [-0.05, 0) is 56.0 Å². The second-order valence-corrected chi connectivity index (χ2v) is 8.13. The fourth-order valence-corrected chi connectivity index (χ4v) is 3.57. The maximum absolute atomic E-state index is 6.09. The van der Waals surface area contributed by atoms with Crippen molar-refractivity contribution in [3.05, 3.63) is 59.7 Å². The molecule has 0 spiro atoms. The Morgan fingerprint density at radius 1 is 0.633 bits per heavy atom. The zero-order chi connectivity index (χ0) is 21.4. The van der Waals surface area contributed by atoms with E-state index in [-0.39, 0.29) is 0 Å². The topological polar surface area (TPSA) is 21.7 Å². The summed E-state index contributed by atoms with van der Waals surface area (Å²) in [6.45, 7) is 7.68. The Balaban J connectivity index is 1.69. The van der Waals surface area contributed by atoms with E-state index in [2.05, 4.69) is 74.3 Å². The molecule has 0 aromatic heterocycles. The summed E-state index contributed by atoms with van der Waals surface area (Å²) in [5, 5.41) is 0. The van der Waals surface area contributed by atoms with E-state index in [1.54, 1.807) is 0 Å². The van der Waals surface area contributed by atoms with E-state index in [4.69, 9.17) is 9.47 Å². The maximum atomic E-state index is 6.09. The number of para-hydroxylation sites is 2. The minimum atomic E-state index is 0.703. The molecule has 3 nitrogen and oxygen atoms in total. The second-order valence-electron chi connectivity index (χ2n) is 8.13. The predicted octanol–water partition coefficient (Wildman–Crippen LogP) is 6.54. The van der Waals surface area contributed by atoms with Crippen LogP contribution in [0.15, 0.2) is 48.5 Å². The van der Waals surface area contributed by atoms with Gasteiger partial charge < -0.3 is 9.47 Å². The highest BCUT2D eigenvalue weighted by Gasteiger charge is 2.06. The van der Waals surface area contributed by atoms with E-state index in [0.717, 1.165) is 37.4 Å². The Morgan fingerprint density at radius 2 is 1.07 bits per heavy atom. The minimum absolute atomic E-state index is 0.703. The van der Waals surface area contributed by atoms with Gasteiger partial charge in [0.05, 0.1) is 0 Å². The van der Waals surface area contributed by atoms with Crippen LogP contribution in [-0.2, 0) is 12.8 Å². The number of aryl methyl sites for hydroxylation is 2. The number of hydrogen-bond acceptors (Lipinski definition) is 3. The second kappa shape index (κ2) is 14.9. The van der Waals surface area contributed by atoms with Gasteiger partial charge in [-0.1, -0.05) is 75.9 Å². The number of nitrogens with zero attached hydrogens (tertiary/aromatic N) is 1. The lowest BCUT2D eigenvalue weighted by molar-refractivity contribution is 0.200. The van der Waals surface area contributed by atoms with E-state index >= 15 is 0 Å². The summed E-state index contributed by atoms with van der Waals surface area (Å²) in [6.07, 6.45) is 9.72. The quantitative estimate of drug-likeness (QED) is 0.293. The van der Waals surface area contributed by atoms with Crippen molar-refractivity contribution >= 4 is 0 Å². The summed E-state index contributed by atoms with van der Waals surface area (Å²) in [5.74, 6) is 2.08. The third kappa shape index (κ3) is 9.21. The van der Waals surface area contributed by atoms with Crippen molar-refractivity contribution in [2.24, 2.45) is 0 Å². The molecule has 0 aliphatic rings. The summed E-state index contributed by atoms with van der Waals surface area (Å²) in [7, 11) is 2.13. The van der Waals surface area contributed by atoms with Crippen LogP contribution in [0.4, 0.5) is 0 Å². The molecular formula is C27H41NO2. The molecular weight excluding hydrogens is 370 g/mol. The van der Waals surface area contributed by atoms with Gasteiger partial charge in [-0.2, -0.15) is 0 Å². The number of ether oxygens (including phenoxy) is 2. The van der Waals surface area contributed by atoms with Crippen LogP contribution < -0.4 is 9.47 Å². The lowest BCUT2D eigenvalue weighted by atomic mass is 10.1. The van der Waals surface area contributed by atoms with Gasteiger partial charge in [0.1, 0.15) is 24.7 Å². The molecule has 30 heavy (non-hydrogen) atoms. The SMILES string of the molecule is CCCCCc1ccccc1OCCN(C)CCOc1ccccc1CCCCC. The monoisotopic (exact) mass is 411 g/mol. The van der Waals surface area contributed by atoms with Crippen LogP contribution in [0.2, 0.25) is 0 Å². The first kappa shape index (κ1) is 24.3. The smallest absolute Gasteiger partial charge is 0.122 e. The molecule has 0 saturated carbocycles. The molecule has 2 rings (SSSR count). The maximum Gasteiger partial charge on any atom is 0.122 e.